The third-order valence-electron chi connectivity index (χ3n) is 1.35. The fourth-order valence-corrected chi connectivity index (χ4v) is 0.771. The minimum atomic E-state index is 0. The Kier molecular flexibility index (Phi) is 17.6. The van der Waals surface area contributed by atoms with Crippen molar-refractivity contribution in [3.63, 3.8) is 0 Å². The van der Waals surface area contributed by atoms with Crippen molar-refractivity contribution in [2.45, 2.75) is 0 Å². The Morgan fingerprint density at radius 3 is 1.50 bits per heavy atom. The van der Waals surface area contributed by atoms with Gasteiger partial charge in [-0.1, -0.05) is 18.2 Å². The van der Waals surface area contributed by atoms with Crippen molar-refractivity contribution in [3.8, 4) is 0 Å². The van der Waals surface area contributed by atoms with Gasteiger partial charge in [0.1, 0.15) is 5.69 Å². The van der Waals surface area contributed by atoms with Crippen molar-refractivity contribution >= 4 is 5.69 Å². The number of halogens is 2. The summed E-state index contributed by atoms with van der Waals surface area (Å²) >= 11 is 0. The molecule has 14 heavy (non-hydrogen) atoms. The molecule has 0 unspecified atom stereocenters. The van der Waals surface area contributed by atoms with Crippen LogP contribution in [-0.2, 0) is 0 Å². The maximum Gasteiger partial charge on any atom is 0.130 e. The summed E-state index contributed by atoms with van der Waals surface area (Å²) in [6.45, 7) is 0. The predicted octanol–water partition coefficient (Wildman–Crippen LogP) is -6.72. The van der Waals surface area contributed by atoms with Gasteiger partial charge in [-0.3, -0.25) is 0 Å². The van der Waals surface area contributed by atoms with Crippen LogP contribution in [0.15, 0.2) is 30.3 Å². The maximum atomic E-state index is 2.12. The molecule has 0 fully saturated rings. The monoisotopic (exact) mass is 238 g/mol. The second-order valence-corrected chi connectivity index (χ2v) is 2.94. The van der Waals surface area contributed by atoms with Crippen LogP contribution in [0.5, 0.6) is 0 Å². The highest BCUT2D eigenvalue weighted by Gasteiger charge is 1.93. The van der Waals surface area contributed by atoms with Gasteiger partial charge >= 0.3 is 0 Å². The molecule has 0 radical (unpaired) electrons. The van der Waals surface area contributed by atoms with Gasteiger partial charge in [-0.15, -0.1) is 0 Å². The highest BCUT2D eigenvalue weighted by Crippen LogP contribution is 1.95. The first-order valence-electron chi connectivity index (χ1n) is 4.32. The lowest BCUT2D eigenvalue weighted by molar-refractivity contribution is -0.786. The highest BCUT2D eigenvalue weighted by atomic mass is 35.5. The molecule has 3 N–H and O–H groups in total. The minimum Gasteiger partial charge on any atom is -1.00 e. The topological polar surface area (TPSA) is 21.1 Å². The zero-order chi connectivity index (χ0) is 9.40. The number of hydrogen-bond acceptors (Lipinski definition) is 0. The number of rotatable bonds is 1. The van der Waals surface area contributed by atoms with Crippen molar-refractivity contribution in [3.05, 3.63) is 30.3 Å². The lowest BCUT2D eigenvalue weighted by Crippen LogP contribution is -3.00. The van der Waals surface area contributed by atoms with Crippen LogP contribution >= 0.6 is 0 Å². The van der Waals surface area contributed by atoms with E-state index in [0.717, 1.165) is 0 Å². The number of nitrogens with one attached hydrogen (secondary N) is 1. The largest absolute Gasteiger partial charge is 1.00 e. The van der Waals surface area contributed by atoms with Crippen LogP contribution in [-0.4, -0.2) is 28.2 Å². The van der Waals surface area contributed by atoms with Gasteiger partial charge in [-0.05, 0) is 12.1 Å². The van der Waals surface area contributed by atoms with Gasteiger partial charge < -0.3 is 35.0 Å². The van der Waals surface area contributed by atoms with Gasteiger partial charge in [0.05, 0.1) is 28.2 Å². The third kappa shape index (κ3) is 9.81. The van der Waals surface area contributed by atoms with Crippen LogP contribution in [0.2, 0.25) is 0 Å². The van der Waals surface area contributed by atoms with E-state index in [9.17, 15) is 0 Å². The molecular weight excluding hydrogens is 219 g/mol. The van der Waals surface area contributed by atoms with E-state index in [4.69, 9.17) is 0 Å². The molecule has 0 aromatic heterocycles. The van der Waals surface area contributed by atoms with E-state index in [1.54, 1.807) is 0 Å². The fraction of sp³-hybridized carbons (Fsp3) is 0.400. The first kappa shape index (κ1) is 19.3. The molecule has 0 aliphatic heterocycles. The van der Waals surface area contributed by atoms with Gasteiger partial charge in [0.2, 0.25) is 0 Å². The molecule has 0 aliphatic rings. The van der Waals surface area contributed by atoms with Crippen LogP contribution in [0.25, 0.3) is 0 Å². The van der Waals surface area contributed by atoms with Gasteiger partial charge in [-0.25, -0.2) is 0 Å². The molecule has 0 spiro atoms. The van der Waals surface area contributed by atoms with Crippen molar-refractivity contribution < 1.29 is 35.0 Å². The van der Waals surface area contributed by atoms with Crippen LogP contribution in [0.4, 0.5) is 5.69 Å². The zero-order valence-electron chi connectivity index (χ0n) is 9.22. The molecule has 1 aromatic rings. The number of nitrogens with two attached hydrogens (primary N) is 1. The Morgan fingerprint density at radius 2 is 1.29 bits per heavy atom. The summed E-state index contributed by atoms with van der Waals surface area (Å²) in [5.41, 5.74) is 1.33. The summed E-state index contributed by atoms with van der Waals surface area (Å²) in [6, 6.07) is 10.4. The molecule has 0 saturated carbocycles. The quantitative estimate of drug-likeness (QED) is 0.486. The van der Waals surface area contributed by atoms with E-state index in [2.05, 4.69) is 38.4 Å². The summed E-state index contributed by atoms with van der Waals surface area (Å²) < 4.78 is 0. The molecule has 1 rings (SSSR count). The standard InChI is InChI=1S/C8H11N.C2H7N.2ClH/c1-9(2)8-6-4-3-5-7-8;1-3-2;;/h3-7H,1-2H3;3H,1-2H3;2*1H. The average Bonchev–Trinajstić information content (AvgIpc) is 2.07. The van der Waals surface area contributed by atoms with Gasteiger partial charge in [0.15, 0.2) is 0 Å². The Balaban J connectivity index is -0.000000218. The Morgan fingerprint density at radius 1 is 0.929 bits per heavy atom. The summed E-state index contributed by atoms with van der Waals surface area (Å²) in [5, 5.41) is 2.00. The van der Waals surface area contributed by atoms with Crippen molar-refractivity contribution in [1.82, 2.24) is 0 Å². The van der Waals surface area contributed by atoms with E-state index in [-0.39, 0.29) is 24.8 Å². The zero-order valence-corrected chi connectivity index (χ0v) is 10.7. The van der Waals surface area contributed by atoms with Crippen LogP contribution in [0.3, 0.4) is 0 Å². The van der Waals surface area contributed by atoms with Crippen molar-refractivity contribution in [1.29, 1.82) is 0 Å². The lowest BCUT2D eigenvalue weighted by Gasteiger charge is -2.03. The SMILES string of the molecule is C[NH+](C)c1ccccc1.C[NH2+]C.[Cl-].[Cl-]. The van der Waals surface area contributed by atoms with E-state index >= 15 is 0 Å². The summed E-state index contributed by atoms with van der Waals surface area (Å²) in [6.07, 6.45) is 0. The molecule has 0 amide bonds. The van der Waals surface area contributed by atoms with Gasteiger partial charge in [-0.2, -0.15) is 0 Å². The number of quaternary nitrogens is 2. The fourth-order valence-electron chi connectivity index (χ4n) is 0.771. The lowest BCUT2D eigenvalue weighted by atomic mass is 10.3. The molecule has 0 bridgehead atoms. The molecular formula is C10H20Cl2N2. The maximum absolute atomic E-state index is 2.12. The molecule has 0 saturated heterocycles. The summed E-state index contributed by atoms with van der Waals surface area (Å²) in [7, 11) is 8.24. The Hall–Kier alpha value is -0.280. The van der Waals surface area contributed by atoms with E-state index < -0.39 is 0 Å². The second kappa shape index (κ2) is 12.7. The molecule has 0 heterocycles. The number of hydrogen-bond donors (Lipinski definition) is 2. The Bertz CT molecular complexity index is 191. The van der Waals surface area contributed by atoms with E-state index in [1.165, 1.54) is 10.6 Å². The van der Waals surface area contributed by atoms with E-state index in [1.807, 2.05) is 25.5 Å². The number of para-hydroxylation sites is 1. The summed E-state index contributed by atoms with van der Waals surface area (Å²) in [5.74, 6) is 0. The highest BCUT2D eigenvalue weighted by molar-refractivity contribution is 5.27. The van der Waals surface area contributed by atoms with Gasteiger partial charge in [0, 0.05) is 0 Å². The first-order valence-corrected chi connectivity index (χ1v) is 4.32. The first-order chi connectivity index (χ1) is 5.72. The summed E-state index contributed by atoms with van der Waals surface area (Å²) in [4.78, 5) is 1.37. The number of benzene rings is 1. The van der Waals surface area contributed by atoms with E-state index in [0.29, 0.717) is 0 Å². The molecule has 0 aliphatic carbocycles. The molecule has 0 atom stereocenters. The predicted molar refractivity (Wildman–Crippen MR) is 52.7 cm³/mol. The van der Waals surface area contributed by atoms with Crippen molar-refractivity contribution in [2.24, 2.45) is 0 Å². The smallest absolute Gasteiger partial charge is 0.130 e. The normalized spacial score (nSPS) is 7.79. The molecule has 1 aromatic carbocycles. The van der Waals surface area contributed by atoms with Crippen LogP contribution < -0.4 is 35.0 Å². The molecule has 84 valence electrons. The minimum absolute atomic E-state index is 0. The Labute approximate surface area is 99.5 Å². The van der Waals surface area contributed by atoms with Crippen LogP contribution in [0, 0.1) is 0 Å². The average molecular weight is 239 g/mol. The van der Waals surface area contributed by atoms with Gasteiger partial charge in [0.25, 0.3) is 0 Å². The second-order valence-electron chi connectivity index (χ2n) is 2.94. The molecule has 2 nitrogen and oxygen atoms in total. The third-order valence-corrected chi connectivity index (χ3v) is 1.35. The van der Waals surface area contributed by atoms with Crippen LogP contribution in [0.1, 0.15) is 0 Å². The van der Waals surface area contributed by atoms with Crippen molar-refractivity contribution in [2.75, 3.05) is 28.2 Å². The molecule has 4 heteroatoms.